The Hall–Kier alpha value is -3.26. The molecule has 0 atom stereocenters. The van der Waals surface area contributed by atoms with Gasteiger partial charge in [0.2, 0.25) is 0 Å². The van der Waals surface area contributed by atoms with Crippen molar-refractivity contribution >= 4 is 17.4 Å². The summed E-state index contributed by atoms with van der Waals surface area (Å²) in [5.41, 5.74) is 1.25. The van der Waals surface area contributed by atoms with E-state index in [0.717, 1.165) is 33.1 Å². The Balaban J connectivity index is 1.95. The van der Waals surface area contributed by atoms with Crippen LogP contribution < -0.4 is 4.90 Å². The van der Waals surface area contributed by atoms with Gasteiger partial charge in [0, 0.05) is 25.6 Å². The van der Waals surface area contributed by atoms with Gasteiger partial charge < -0.3 is 9.64 Å². The molecule has 0 bridgehead atoms. The summed E-state index contributed by atoms with van der Waals surface area (Å²) in [6.07, 6.45) is -2.20. The third-order valence-corrected chi connectivity index (χ3v) is 5.91. The maximum absolute atomic E-state index is 15.0. The lowest BCUT2D eigenvalue weighted by Gasteiger charge is -2.38. The van der Waals surface area contributed by atoms with Gasteiger partial charge in [0.1, 0.15) is 11.5 Å². The largest absolute Gasteiger partial charge is 0.499 e. The van der Waals surface area contributed by atoms with E-state index in [4.69, 9.17) is 16.3 Å². The molecule has 35 heavy (non-hydrogen) atoms. The lowest BCUT2D eigenvalue weighted by atomic mass is 9.98. The van der Waals surface area contributed by atoms with Crippen molar-refractivity contribution in [2.45, 2.75) is 32.4 Å². The van der Waals surface area contributed by atoms with E-state index in [9.17, 15) is 17.6 Å². The summed E-state index contributed by atoms with van der Waals surface area (Å²) in [5.74, 6) is -0.495. The highest BCUT2D eigenvalue weighted by Crippen LogP contribution is 2.39. The van der Waals surface area contributed by atoms with Crippen LogP contribution in [0.1, 0.15) is 30.2 Å². The van der Waals surface area contributed by atoms with Gasteiger partial charge in [-0.25, -0.2) is 9.37 Å². The van der Waals surface area contributed by atoms with Crippen molar-refractivity contribution in [3.63, 3.8) is 0 Å². The predicted octanol–water partition coefficient (Wildman–Crippen LogP) is 7.13. The molecule has 1 aliphatic heterocycles. The number of hydrogen-bond acceptors (Lipinski definition) is 4. The number of hydrogen-bond donors (Lipinski definition) is 0. The van der Waals surface area contributed by atoms with Crippen LogP contribution in [-0.2, 0) is 17.6 Å². The predicted molar refractivity (Wildman–Crippen MR) is 130 cm³/mol. The molecule has 0 spiro atoms. The third-order valence-electron chi connectivity index (χ3n) is 5.58. The number of nitrogens with zero attached hydrogens (tertiary/aromatic N) is 3. The van der Waals surface area contributed by atoms with Crippen LogP contribution in [-0.4, -0.2) is 29.7 Å². The highest BCUT2D eigenvalue weighted by atomic mass is 35.5. The molecule has 1 aromatic carbocycles. The molecule has 0 radical (unpaired) electrons. The topological polar surface area (TPSA) is 28.6 Å². The van der Waals surface area contributed by atoms with Crippen molar-refractivity contribution in [1.29, 1.82) is 0 Å². The second-order valence-corrected chi connectivity index (χ2v) is 8.38. The monoisotopic (exact) mass is 507 g/mol. The highest BCUT2D eigenvalue weighted by Gasteiger charge is 2.41. The number of halogens is 5. The van der Waals surface area contributed by atoms with Crippen molar-refractivity contribution in [1.82, 2.24) is 9.88 Å². The number of benzene rings is 1. The van der Waals surface area contributed by atoms with Crippen LogP contribution in [0, 0.1) is 5.82 Å². The third kappa shape index (κ3) is 5.88. The van der Waals surface area contributed by atoms with E-state index in [2.05, 4.69) is 24.7 Å². The summed E-state index contributed by atoms with van der Waals surface area (Å²) in [5, 5.41) is 0.105. The van der Waals surface area contributed by atoms with Crippen LogP contribution in [0.4, 0.5) is 23.4 Å². The standard InChI is InChI=1S/C26H26ClF4N3O/c1-6-35-17(3)11-12-19-9-7-8-10-20(19)14-23-21(27)15-22(28)25(32-23)34-16(2)13-24(26(29,30)31)33(5)18(34)4/h7-10,13,15H,2-4,6,11-12,14H2,1,5H3. The minimum Gasteiger partial charge on any atom is -0.499 e. The summed E-state index contributed by atoms with van der Waals surface area (Å²) in [6, 6.07) is 8.78. The maximum atomic E-state index is 15.0. The van der Waals surface area contributed by atoms with E-state index < -0.39 is 17.7 Å². The van der Waals surface area contributed by atoms with E-state index >= 15 is 0 Å². The lowest BCUT2D eigenvalue weighted by molar-refractivity contribution is -0.107. The van der Waals surface area contributed by atoms with Gasteiger partial charge in [0.15, 0.2) is 11.6 Å². The second kappa shape index (κ2) is 10.6. The Labute approximate surface area is 207 Å². The zero-order chi connectivity index (χ0) is 25.9. The van der Waals surface area contributed by atoms with Crippen molar-refractivity contribution < 1.29 is 22.3 Å². The molecule has 1 aromatic heterocycles. The smallest absolute Gasteiger partial charge is 0.431 e. The number of aromatic nitrogens is 1. The van der Waals surface area contributed by atoms with E-state index in [1.165, 1.54) is 7.05 Å². The number of ether oxygens (including phenoxy) is 1. The molecular weight excluding hydrogens is 482 g/mol. The van der Waals surface area contributed by atoms with Gasteiger partial charge in [-0.2, -0.15) is 13.2 Å². The zero-order valence-corrected chi connectivity index (χ0v) is 20.3. The van der Waals surface area contributed by atoms with Crippen molar-refractivity contribution in [3.8, 4) is 0 Å². The summed E-state index contributed by atoms with van der Waals surface area (Å²) in [4.78, 5) is 6.36. The normalized spacial score (nSPS) is 14.3. The minimum absolute atomic E-state index is 0.105. The van der Waals surface area contributed by atoms with Crippen molar-refractivity contribution in [2.75, 3.05) is 18.6 Å². The molecule has 0 saturated heterocycles. The quantitative estimate of drug-likeness (QED) is 0.281. The Morgan fingerprint density at radius 2 is 1.83 bits per heavy atom. The zero-order valence-electron chi connectivity index (χ0n) is 19.6. The van der Waals surface area contributed by atoms with E-state index in [1.807, 2.05) is 31.2 Å². The lowest BCUT2D eigenvalue weighted by Crippen LogP contribution is -2.40. The second-order valence-electron chi connectivity index (χ2n) is 7.97. The van der Waals surface area contributed by atoms with Gasteiger partial charge in [-0.1, -0.05) is 55.6 Å². The van der Waals surface area contributed by atoms with Crippen LogP contribution in [0.3, 0.4) is 0 Å². The average molecular weight is 508 g/mol. The van der Waals surface area contributed by atoms with Crippen LogP contribution in [0.15, 0.2) is 79.1 Å². The van der Waals surface area contributed by atoms with Crippen LogP contribution in [0.25, 0.3) is 0 Å². The Bertz CT molecular complexity index is 1190. The number of anilines is 1. The first-order chi connectivity index (χ1) is 16.4. The van der Waals surface area contributed by atoms with Gasteiger partial charge in [0.25, 0.3) is 0 Å². The molecule has 0 unspecified atom stereocenters. The van der Waals surface area contributed by atoms with Crippen LogP contribution in [0.2, 0.25) is 5.02 Å². The molecule has 186 valence electrons. The van der Waals surface area contributed by atoms with E-state index in [1.54, 1.807) is 0 Å². The SMILES string of the molecule is C=C(CCc1ccccc1Cc1nc(N2C(=C)C=C(C(F)(F)F)N(C)C2=C)c(F)cc1Cl)OCC. The fraction of sp³-hybridized carbons (Fsp3) is 0.269. The molecule has 0 aliphatic carbocycles. The minimum atomic E-state index is -4.62. The van der Waals surface area contributed by atoms with Gasteiger partial charge >= 0.3 is 6.18 Å². The maximum Gasteiger partial charge on any atom is 0.431 e. The summed E-state index contributed by atoms with van der Waals surface area (Å²) >= 11 is 6.32. The molecule has 1 aliphatic rings. The fourth-order valence-electron chi connectivity index (χ4n) is 3.78. The summed E-state index contributed by atoms with van der Waals surface area (Å²) in [7, 11) is 1.20. The first kappa shape index (κ1) is 26.3. The van der Waals surface area contributed by atoms with Crippen LogP contribution in [0.5, 0.6) is 0 Å². The molecule has 4 nitrogen and oxygen atoms in total. The summed E-state index contributed by atoms with van der Waals surface area (Å²) < 4.78 is 60.5. The van der Waals surface area contributed by atoms with Crippen molar-refractivity contribution in [2.24, 2.45) is 0 Å². The molecule has 3 rings (SSSR count). The van der Waals surface area contributed by atoms with Gasteiger partial charge in [-0.3, -0.25) is 4.90 Å². The number of alkyl halides is 3. The van der Waals surface area contributed by atoms with Crippen molar-refractivity contribution in [3.05, 3.63) is 107 Å². The van der Waals surface area contributed by atoms with Gasteiger partial charge in [-0.15, -0.1) is 0 Å². The molecule has 2 heterocycles. The highest BCUT2D eigenvalue weighted by molar-refractivity contribution is 6.31. The first-order valence-corrected chi connectivity index (χ1v) is 11.2. The first-order valence-electron chi connectivity index (χ1n) is 10.9. The van der Waals surface area contributed by atoms with Gasteiger partial charge in [-0.05, 0) is 36.6 Å². The Kier molecular flexibility index (Phi) is 7.95. The Morgan fingerprint density at radius 1 is 1.17 bits per heavy atom. The molecule has 2 aromatic rings. The van der Waals surface area contributed by atoms with Gasteiger partial charge in [0.05, 0.1) is 23.1 Å². The number of pyridine rings is 1. The van der Waals surface area contributed by atoms with E-state index in [-0.39, 0.29) is 28.8 Å². The fourth-order valence-corrected chi connectivity index (χ4v) is 3.99. The molecule has 0 fully saturated rings. The molecule has 9 heteroatoms. The molecular formula is C26H26ClF4N3O. The Morgan fingerprint density at radius 3 is 2.46 bits per heavy atom. The molecule has 0 amide bonds. The van der Waals surface area contributed by atoms with Crippen LogP contribution >= 0.6 is 11.6 Å². The average Bonchev–Trinajstić information content (AvgIpc) is 2.78. The molecule has 0 N–H and O–H groups in total. The molecule has 0 saturated carbocycles. The number of aryl methyl sites for hydroxylation is 1. The summed E-state index contributed by atoms with van der Waals surface area (Å²) in [6.45, 7) is 13.7. The number of rotatable bonds is 8. The van der Waals surface area contributed by atoms with E-state index in [0.29, 0.717) is 30.9 Å². The number of allylic oxidation sites excluding steroid dienone is 3.